The molecule has 1 unspecified atom stereocenters. The van der Waals surface area contributed by atoms with E-state index in [2.05, 4.69) is 4.98 Å². The third kappa shape index (κ3) is 4.80. The number of ether oxygens (including phenoxy) is 1. The van der Waals surface area contributed by atoms with Gasteiger partial charge in [-0.15, -0.1) is 11.8 Å². The number of esters is 1. The van der Waals surface area contributed by atoms with Crippen LogP contribution in [0.25, 0.3) is 0 Å². The maximum atomic E-state index is 11.9. The Bertz CT molecular complexity index is 660. The molecule has 2 aromatic rings. The average Bonchev–Trinajstić information content (AvgIpc) is 2.97. The summed E-state index contributed by atoms with van der Waals surface area (Å²) in [4.78, 5) is 15.9. The molecule has 1 atom stereocenters. The van der Waals surface area contributed by atoms with E-state index in [-0.39, 0.29) is 0 Å². The molecule has 0 bridgehead atoms. The highest BCUT2D eigenvalue weighted by Crippen LogP contribution is 2.29. The molecule has 0 aliphatic carbocycles. The van der Waals surface area contributed by atoms with Gasteiger partial charge in [0, 0.05) is 34.1 Å². The second-order valence-corrected chi connectivity index (χ2v) is 5.98. The SMILES string of the molecule is CS/C=C/C(=O)OC(Cn1ccnc1)c1ccc(Cl)cc1Cl. The van der Waals surface area contributed by atoms with Crippen LogP contribution in [0.5, 0.6) is 0 Å². The molecule has 7 heteroatoms. The molecule has 0 N–H and O–H groups in total. The summed E-state index contributed by atoms with van der Waals surface area (Å²) >= 11 is 13.6. The number of benzene rings is 1. The largest absolute Gasteiger partial charge is 0.452 e. The Kier molecular flexibility index (Phi) is 6.36. The number of rotatable bonds is 6. The van der Waals surface area contributed by atoms with Crippen LogP contribution in [0.4, 0.5) is 0 Å². The molecule has 116 valence electrons. The number of hydrogen-bond donors (Lipinski definition) is 0. The molecule has 0 aliphatic heterocycles. The van der Waals surface area contributed by atoms with Gasteiger partial charge in [0.1, 0.15) is 6.10 Å². The van der Waals surface area contributed by atoms with Gasteiger partial charge in [0.15, 0.2) is 0 Å². The standard InChI is InChI=1S/C15H14Cl2N2O2S/c1-22-7-4-15(20)21-14(9-19-6-5-18-10-19)12-3-2-11(16)8-13(12)17/h2-8,10,14H,9H2,1H3/b7-4+. The van der Waals surface area contributed by atoms with E-state index in [0.717, 1.165) is 0 Å². The maximum Gasteiger partial charge on any atom is 0.331 e. The smallest absolute Gasteiger partial charge is 0.331 e. The summed E-state index contributed by atoms with van der Waals surface area (Å²) < 4.78 is 7.34. The lowest BCUT2D eigenvalue weighted by atomic mass is 10.1. The fraction of sp³-hybridized carbons (Fsp3) is 0.200. The van der Waals surface area contributed by atoms with Crippen LogP contribution in [0.3, 0.4) is 0 Å². The molecule has 22 heavy (non-hydrogen) atoms. The van der Waals surface area contributed by atoms with Gasteiger partial charge in [0.2, 0.25) is 0 Å². The van der Waals surface area contributed by atoms with E-state index in [1.165, 1.54) is 17.8 Å². The van der Waals surface area contributed by atoms with E-state index in [4.69, 9.17) is 27.9 Å². The number of halogens is 2. The van der Waals surface area contributed by atoms with Gasteiger partial charge >= 0.3 is 5.97 Å². The maximum absolute atomic E-state index is 11.9. The number of carbonyl (C=O) groups is 1. The number of carbonyl (C=O) groups excluding carboxylic acids is 1. The van der Waals surface area contributed by atoms with Crippen molar-refractivity contribution < 1.29 is 9.53 Å². The van der Waals surface area contributed by atoms with Gasteiger partial charge in [-0.05, 0) is 23.8 Å². The van der Waals surface area contributed by atoms with Crippen molar-refractivity contribution in [2.75, 3.05) is 6.26 Å². The first-order valence-electron chi connectivity index (χ1n) is 6.41. The first-order valence-corrected chi connectivity index (χ1v) is 8.45. The summed E-state index contributed by atoms with van der Waals surface area (Å²) in [5, 5.41) is 2.66. The number of hydrogen-bond acceptors (Lipinski definition) is 4. The molecule has 0 aliphatic rings. The van der Waals surface area contributed by atoms with Crippen molar-refractivity contribution in [1.82, 2.24) is 9.55 Å². The molecule has 4 nitrogen and oxygen atoms in total. The predicted molar refractivity (Wildman–Crippen MR) is 90.2 cm³/mol. The molecule has 0 fully saturated rings. The molecule has 0 spiro atoms. The van der Waals surface area contributed by atoms with Crippen molar-refractivity contribution in [2.45, 2.75) is 12.6 Å². The summed E-state index contributed by atoms with van der Waals surface area (Å²) in [7, 11) is 0. The van der Waals surface area contributed by atoms with Crippen LogP contribution >= 0.6 is 35.0 Å². The zero-order valence-corrected chi connectivity index (χ0v) is 14.1. The van der Waals surface area contributed by atoms with Crippen LogP contribution in [0.2, 0.25) is 10.0 Å². The van der Waals surface area contributed by atoms with Crippen molar-refractivity contribution in [2.24, 2.45) is 0 Å². The summed E-state index contributed by atoms with van der Waals surface area (Å²) in [6.07, 6.45) is 7.83. The number of thioether (sulfide) groups is 1. The summed E-state index contributed by atoms with van der Waals surface area (Å²) in [5.74, 6) is -0.425. The summed E-state index contributed by atoms with van der Waals surface area (Å²) in [6.45, 7) is 0.417. The fourth-order valence-corrected chi connectivity index (χ4v) is 2.63. The van der Waals surface area contributed by atoms with Gasteiger partial charge in [0.25, 0.3) is 0 Å². The van der Waals surface area contributed by atoms with Crippen molar-refractivity contribution in [3.05, 3.63) is 64.0 Å². The zero-order valence-electron chi connectivity index (χ0n) is 11.8. The fourth-order valence-electron chi connectivity index (χ4n) is 1.85. The quantitative estimate of drug-likeness (QED) is 0.570. The Morgan fingerprint density at radius 3 is 2.95 bits per heavy atom. The molecule has 0 amide bonds. The zero-order chi connectivity index (χ0) is 15.9. The minimum Gasteiger partial charge on any atom is -0.452 e. The van der Waals surface area contributed by atoms with Crippen LogP contribution in [0.15, 0.2) is 48.4 Å². The van der Waals surface area contributed by atoms with Crippen LogP contribution < -0.4 is 0 Å². The van der Waals surface area contributed by atoms with Crippen LogP contribution in [-0.4, -0.2) is 21.8 Å². The van der Waals surface area contributed by atoms with Gasteiger partial charge in [-0.2, -0.15) is 0 Å². The lowest BCUT2D eigenvalue weighted by Gasteiger charge is -2.19. The Balaban J connectivity index is 2.24. The van der Waals surface area contributed by atoms with E-state index in [9.17, 15) is 4.79 Å². The minimum atomic E-state index is -0.530. The second kappa shape index (κ2) is 8.27. The lowest BCUT2D eigenvalue weighted by molar-refractivity contribution is -0.144. The normalized spacial score (nSPS) is 12.5. The van der Waals surface area contributed by atoms with Crippen molar-refractivity contribution in [3.63, 3.8) is 0 Å². The molecule has 0 saturated heterocycles. The van der Waals surface area contributed by atoms with Gasteiger partial charge in [0.05, 0.1) is 12.9 Å². The third-order valence-corrected chi connectivity index (χ3v) is 3.81. The molecule has 2 rings (SSSR count). The first-order chi connectivity index (χ1) is 10.6. The van der Waals surface area contributed by atoms with Crippen LogP contribution in [0, 0.1) is 0 Å². The van der Waals surface area contributed by atoms with Crippen LogP contribution in [0.1, 0.15) is 11.7 Å². The van der Waals surface area contributed by atoms with Gasteiger partial charge in [-0.1, -0.05) is 29.3 Å². The molecule has 1 heterocycles. The molecule has 0 radical (unpaired) electrons. The molecule has 1 aromatic carbocycles. The van der Waals surface area contributed by atoms with E-state index >= 15 is 0 Å². The van der Waals surface area contributed by atoms with E-state index in [0.29, 0.717) is 22.2 Å². The highest BCUT2D eigenvalue weighted by molar-refractivity contribution is 8.01. The Morgan fingerprint density at radius 2 is 2.32 bits per heavy atom. The second-order valence-electron chi connectivity index (χ2n) is 4.39. The molecule has 0 saturated carbocycles. The number of nitrogens with zero attached hydrogens (tertiary/aromatic N) is 2. The molecule has 1 aromatic heterocycles. The van der Waals surface area contributed by atoms with Gasteiger partial charge in [-0.25, -0.2) is 9.78 Å². The summed E-state index contributed by atoms with van der Waals surface area (Å²) in [5.41, 5.74) is 0.700. The topological polar surface area (TPSA) is 44.1 Å². The number of imidazole rings is 1. The average molecular weight is 357 g/mol. The predicted octanol–water partition coefficient (Wildman–Crippen LogP) is 4.35. The molecular weight excluding hydrogens is 343 g/mol. The van der Waals surface area contributed by atoms with E-state index in [1.807, 2.05) is 10.8 Å². The highest BCUT2D eigenvalue weighted by atomic mass is 35.5. The molecular formula is C15H14Cl2N2O2S. The van der Waals surface area contributed by atoms with Gasteiger partial charge in [-0.3, -0.25) is 0 Å². The van der Waals surface area contributed by atoms with E-state index < -0.39 is 12.1 Å². The number of aromatic nitrogens is 2. The van der Waals surface area contributed by atoms with Crippen molar-refractivity contribution in [1.29, 1.82) is 0 Å². The highest BCUT2D eigenvalue weighted by Gasteiger charge is 2.19. The van der Waals surface area contributed by atoms with Gasteiger partial charge < -0.3 is 9.30 Å². The monoisotopic (exact) mass is 356 g/mol. The Morgan fingerprint density at radius 1 is 1.50 bits per heavy atom. The lowest BCUT2D eigenvalue weighted by Crippen LogP contribution is -2.15. The summed E-state index contributed by atoms with van der Waals surface area (Å²) in [6, 6.07) is 5.11. The van der Waals surface area contributed by atoms with Crippen molar-refractivity contribution >= 4 is 40.9 Å². The van der Waals surface area contributed by atoms with Crippen LogP contribution in [-0.2, 0) is 16.1 Å². The van der Waals surface area contributed by atoms with Crippen molar-refractivity contribution in [3.8, 4) is 0 Å². The Hall–Kier alpha value is -1.43. The Labute approximate surface area is 143 Å². The first kappa shape index (κ1) is 16.9. The minimum absolute atomic E-state index is 0.417. The third-order valence-electron chi connectivity index (χ3n) is 2.84. The van der Waals surface area contributed by atoms with E-state index in [1.54, 1.807) is 42.3 Å².